The van der Waals surface area contributed by atoms with Gasteiger partial charge >= 0.3 is 0 Å². The Hall–Kier alpha value is -0.500. The van der Waals surface area contributed by atoms with Gasteiger partial charge in [-0.2, -0.15) is 0 Å². The summed E-state index contributed by atoms with van der Waals surface area (Å²) in [5.74, 6) is 0.512. The lowest BCUT2D eigenvalue weighted by atomic mass is 9.97. The van der Waals surface area contributed by atoms with E-state index in [1.807, 2.05) is 20.8 Å². The molecule has 0 aromatic carbocycles. The van der Waals surface area contributed by atoms with E-state index in [9.17, 15) is 10.2 Å². The summed E-state index contributed by atoms with van der Waals surface area (Å²) in [6.07, 6.45) is 1.95. The first-order valence-corrected chi connectivity index (χ1v) is 4.54. The number of hydrogen-bond donors (Lipinski definition) is 2. The molecule has 0 saturated heterocycles. The molecule has 2 aliphatic carbocycles. The Labute approximate surface area is 72.9 Å². The molecule has 2 heteroatoms. The highest BCUT2D eigenvalue weighted by atomic mass is 16.3. The standard InChI is InChI=1S/C10H16O2/c1-6-4-5-7-9(2,3)10(7,12)8(6)11/h7,11-12H,4-5H2,1-3H3. The molecule has 0 heterocycles. The SMILES string of the molecule is CC1=C(O)C2(O)C(CC1)C2(C)C. The van der Waals surface area contributed by atoms with E-state index >= 15 is 0 Å². The maximum Gasteiger partial charge on any atom is 0.130 e. The second-order valence-electron chi connectivity index (χ2n) is 4.71. The molecule has 0 aliphatic heterocycles. The summed E-state index contributed by atoms with van der Waals surface area (Å²) in [7, 11) is 0. The molecule has 0 spiro atoms. The van der Waals surface area contributed by atoms with Crippen LogP contribution < -0.4 is 0 Å². The lowest BCUT2D eigenvalue weighted by Crippen LogP contribution is -2.23. The van der Waals surface area contributed by atoms with Crippen LogP contribution >= 0.6 is 0 Å². The third kappa shape index (κ3) is 0.612. The number of hydrogen-bond acceptors (Lipinski definition) is 2. The van der Waals surface area contributed by atoms with Crippen LogP contribution in [0.3, 0.4) is 0 Å². The van der Waals surface area contributed by atoms with Crippen LogP contribution in [-0.2, 0) is 0 Å². The first-order chi connectivity index (χ1) is 5.42. The third-order valence-corrected chi connectivity index (χ3v) is 3.85. The molecule has 0 aromatic rings. The van der Waals surface area contributed by atoms with E-state index in [2.05, 4.69) is 0 Å². The summed E-state index contributed by atoms with van der Waals surface area (Å²) < 4.78 is 0. The molecule has 2 aliphatic rings. The van der Waals surface area contributed by atoms with Crippen LogP contribution in [0.1, 0.15) is 33.6 Å². The van der Waals surface area contributed by atoms with E-state index in [4.69, 9.17) is 0 Å². The van der Waals surface area contributed by atoms with Crippen molar-refractivity contribution in [2.75, 3.05) is 0 Å². The average molecular weight is 168 g/mol. The van der Waals surface area contributed by atoms with Gasteiger partial charge in [-0.3, -0.25) is 0 Å². The van der Waals surface area contributed by atoms with Gasteiger partial charge < -0.3 is 10.2 Å². The molecule has 2 rings (SSSR count). The summed E-state index contributed by atoms with van der Waals surface area (Å²) in [6, 6.07) is 0. The molecule has 2 nitrogen and oxygen atoms in total. The van der Waals surface area contributed by atoms with E-state index in [1.54, 1.807) is 0 Å². The normalized spacial score (nSPS) is 44.2. The van der Waals surface area contributed by atoms with Gasteiger partial charge in [0.2, 0.25) is 0 Å². The second-order valence-corrected chi connectivity index (χ2v) is 4.71. The number of aliphatic hydroxyl groups excluding tert-OH is 1. The predicted molar refractivity (Wildman–Crippen MR) is 46.8 cm³/mol. The van der Waals surface area contributed by atoms with Gasteiger partial charge in [0.1, 0.15) is 11.4 Å². The zero-order valence-electron chi connectivity index (χ0n) is 7.89. The van der Waals surface area contributed by atoms with Crippen molar-refractivity contribution in [3.63, 3.8) is 0 Å². The van der Waals surface area contributed by atoms with Crippen molar-refractivity contribution in [1.29, 1.82) is 0 Å². The fourth-order valence-corrected chi connectivity index (χ4v) is 2.69. The van der Waals surface area contributed by atoms with E-state index in [1.165, 1.54) is 0 Å². The zero-order chi connectivity index (χ0) is 9.15. The summed E-state index contributed by atoms with van der Waals surface area (Å²) in [6.45, 7) is 5.94. The fraction of sp³-hybridized carbons (Fsp3) is 0.800. The molecule has 1 saturated carbocycles. The molecule has 12 heavy (non-hydrogen) atoms. The second kappa shape index (κ2) is 1.87. The summed E-state index contributed by atoms with van der Waals surface area (Å²) in [4.78, 5) is 0. The quantitative estimate of drug-likeness (QED) is 0.580. The maximum atomic E-state index is 10.1. The van der Waals surface area contributed by atoms with E-state index in [0.717, 1.165) is 18.4 Å². The maximum absolute atomic E-state index is 10.1. The molecule has 0 amide bonds. The summed E-state index contributed by atoms with van der Waals surface area (Å²) >= 11 is 0. The van der Waals surface area contributed by atoms with Crippen molar-refractivity contribution in [3.8, 4) is 0 Å². The first kappa shape index (κ1) is 8.11. The summed E-state index contributed by atoms with van der Waals surface area (Å²) in [5.41, 5.74) is -0.0520. The Kier molecular flexibility index (Phi) is 1.27. The molecule has 0 bridgehead atoms. The number of aliphatic hydroxyl groups is 2. The lowest BCUT2D eigenvalue weighted by Gasteiger charge is -2.18. The van der Waals surface area contributed by atoms with E-state index < -0.39 is 5.60 Å². The number of rotatable bonds is 0. The van der Waals surface area contributed by atoms with Gasteiger partial charge in [-0.1, -0.05) is 13.8 Å². The molecule has 2 atom stereocenters. The van der Waals surface area contributed by atoms with Crippen molar-refractivity contribution in [3.05, 3.63) is 11.3 Å². The smallest absolute Gasteiger partial charge is 0.130 e. The van der Waals surface area contributed by atoms with Crippen LogP contribution in [0.15, 0.2) is 11.3 Å². The van der Waals surface area contributed by atoms with Crippen molar-refractivity contribution < 1.29 is 10.2 Å². The van der Waals surface area contributed by atoms with Crippen LogP contribution in [-0.4, -0.2) is 15.8 Å². The Balaban J connectivity index is 2.44. The van der Waals surface area contributed by atoms with Crippen molar-refractivity contribution in [2.24, 2.45) is 11.3 Å². The monoisotopic (exact) mass is 168 g/mol. The van der Waals surface area contributed by atoms with Crippen molar-refractivity contribution in [1.82, 2.24) is 0 Å². The van der Waals surface area contributed by atoms with E-state index in [0.29, 0.717) is 0 Å². The predicted octanol–water partition coefficient (Wildman–Crippen LogP) is 2.00. The fourth-order valence-electron chi connectivity index (χ4n) is 2.69. The van der Waals surface area contributed by atoms with Gasteiger partial charge in [0.05, 0.1) is 0 Å². The molecular formula is C10H16O2. The van der Waals surface area contributed by atoms with Gasteiger partial charge in [-0.05, 0) is 25.3 Å². The van der Waals surface area contributed by atoms with Crippen LogP contribution in [0, 0.1) is 11.3 Å². The Morgan fingerprint density at radius 1 is 1.42 bits per heavy atom. The van der Waals surface area contributed by atoms with Gasteiger partial charge in [-0.25, -0.2) is 0 Å². The Morgan fingerprint density at radius 3 is 2.50 bits per heavy atom. The van der Waals surface area contributed by atoms with Gasteiger partial charge in [0.15, 0.2) is 0 Å². The van der Waals surface area contributed by atoms with Gasteiger partial charge in [0, 0.05) is 11.3 Å². The highest BCUT2D eigenvalue weighted by Crippen LogP contribution is 2.68. The largest absolute Gasteiger partial charge is 0.509 e. The topological polar surface area (TPSA) is 40.5 Å². The highest BCUT2D eigenvalue weighted by Gasteiger charge is 2.74. The Morgan fingerprint density at radius 2 is 2.00 bits per heavy atom. The van der Waals surface area contributed by atoms with Crippen LogP contribution in [0.4, 0.5) is 0 Å². The lowest BCUT2D eigenvalue weighted by molar-refractivity contribution is 0.0815. The minimum absolute atomic E-state index is 0.116. The van der Waals surface area contributed by atoms with Crippen LogP contribution in [0.2, 0.25) is 0 Å². The van der Waals surface area contributed by atoms with Crippen molar-refractivity contribution >= 4 is 0 Å². The van der Waals surface area contributed by atoms with Gasteiger partial charge in [-0.15, -0.1) is 0 Å². The summed E-state index contributed by atoms with van der Waals surface area (Å²) in [5, 5.41) is 19.8. The van der Waals surface area contributed by atoms with Crippen LogP contribution in [0.5, 0.6) is 0 Å². The van der Waals surface area contributed by atoms with Crippen molar-refractivity contribution in [2.45, 2.75) is 39.2 Å². The first-order valence-electron chi connectivity index (χ1n) is 4.54. The zero-order valence-corrected chi connectivity index (χ0v) is 7.89. The van der Waals surface area contributed by atoms with E-state index in [-0.39, 0.29) is 17.1 Å². The number of allylic oxidation sites excluding steroid dienone is 1. The minimum Gasteiger partial charge on any atom is -0.509 e. The molecule has 1 fully saturated rings. The molecule has 2 N–H and O–H groups in total. The molecule has 0 radical (unpaired) electrons. The molecule has 0 aromatic heterocycles. The number of fused-ring (bicyclic) bond motifs is 1. The molecule has 2 unspecified atom stereocenters. The minimum atomic E-state index is -0.894. The Bertz CT molecular complexity index is 265. The third-order valence-electron chi connectivity index (χ3n) is 3.85. The van der Waals surface area contributed by atoms with Crippen LogP contribution in [0.25, 0.3) is 0 Å². The average Bonchev–Trinajstić information content (AvgIpc) is 2.42. The van der Waals surface area contributed by atoms with Gasteiger partial charge in [0.25, 0.3) is 0 Å². The molecular weight excluding hydrogens is 152 g/mol. The molecule has 68 valence electrons. The highest BCUT2D eigenvalue weighted by molar-refractivity contribution is 5.37.